The number of aromatic nitrogens is 3. The van der Waals surface area contributed by atoms with E-state index < -0.39 is 0 Å². The number of halogens is 1. The van der Waals surface area contributed by atoms with Crippen molar-refractivity contribution in [2.45, 2.75) is 46.6 Å². The van der Waals surface area contributed by atoms with Crippen LogP contribution in [0.25, 0.3) is 10.2 Å². The lowest BCUT2D eigenvalue weighted by Gasteiger charge is -2.30. The summed E-state index contributed by atoms with van der Waals surface area (Å²) in [5.41, 5.74) is 5.60. The van der Waals surface area contributed by atoms with Gasteiger partial charge in [-0.3, -0.25) is 4.90 Å². The van der Waals surface area contributed by atoms with Crippen LogP contribution in [0.2, 0.25) is 5.02 Å². The number of rotatable bonds is 6. The number of nitrogens with one attached hydrogen (secondary N) is 1. The summed E-state index contributed by atoms with van der Waals surface area (Å²) < 4.78 is 1.20. The third-order valence-corrected chi connectivity index (χ3v) is 7.77. The lowest BCUT2D eigenvalue weighted by molar-refractivity contribution is 0.185. The average molecular weight is 492 g/mol. The molecule has 0 atom stereocenters. The van der Waals surface area contributed by atoms with E-state index in [-0.39, 0.29) is 0 Å². The third kappa shape index (κ3) is 5.40. The molecule has 2 aromatic carbocycles. The van der Waals surface area contributed by atoms with E-state index in [1.54, 1.807) is 11.3 Å². The smallest absolute Gasteiger partial charge is 0.189 e. The van der Waals surface area contributed by atoms with Crippen LogP contribution in [-0.4, -0.2) is 32.9 Å². The lowest BCUT2D eigenvalue weighted by Crippen LogP contribution is -2.32. The van der Waals surface area contributed by atoms with E-state index in [4.69, 9.17) is 21.6 Å². The molecule has 2 aromatic heterocycles. The quantitative estimate of drug-likeness (QED) is 0.317. The van der Waals surface area contributed by atoms with E-state index in [0.29, 0.717) is 0 Å². The Morgan fingerprint density at radius 1 is 1.00 bits per heavy atom. The van der Waals surface area contributed by atoms with Crippen LogP contribution in [0.15, 0.2) is 42.5 Å². The van der Waals surface area contributed by atoms with Crippen LogP contribution in [0.1, 0.15) is 48.0 Å². The van der Waals surface area contributed by atoms with Crippen molar-refractivity contribution in [3.05, 3.63) is 75.7 Å². The van der Waals surface area contributed by atoms with Crippen LogP contribution in [0.4, 0.5) is 10.9 Å². The minimum absolute atomic E-state index is 0.731. The van der Waals surface area contributed by atoms with Gasteiger partial charge in [-0.15, -0.1) is 0 Å². The predicted molar refractivity (Wildman–Crippen MR) is 142 cm³/mol. The fraction of sp³-hybridized carbons (Fsp3) is 0.370. The van der Waals surface area contributed by atoms with Gasteiger partial charge in [0.2, 0.25) is 0 Å². The fourth-order valence-electron chi connectivity index (χ4n) is 4.56. The standard InChI is InChI=1S/C27H30ClN5S/c1-17-10-12-33(13-11-17)16-21-6-9-24-25(15-21)34-27(31-24)32-26-23(18(2)29-19(3)30-26)14-20-4-7-22(28)8-5-20/h4-9,15,17H,10-14,16H2,1-3H3,(H,29,30,31,32). The van der Waals surface area contributed by atoms with Crippen LogP contribution in [0.5, 0.6) is 0 Å². The largest absolute Gasteiger partial charge is 0.316 e. The molecule has 1 aliphatic rings. The maximum absolute atomic E-state index is 6.07. The van der Waals surface area contributed by atoms with E-state index >= 15 is 0 Å². The fourth-order valence-corrected chi connectivity index (χ4v) is 5.61. The van der Waals surface area contributed by atoms with Crippen molar-refractivity contribution in [2.24, 2.45) is 5.92 Å². The monoisotopic (exact) mass is 491 g/mol. The number of fused-ring (bicyclic) bond motifs is 1. The zero-order valence-electron chi connectivity index (χ0n) is 19.9. The van der Waals surface area contributed by atoms with Gasteiger partial charge in [-0.05, 0) is 81.1 Å². The molecule has 1 N–H and O–H groups in total. The number of anilines is 2. The predicted octanol–water partition coefficient (Wildman–Crippen LogP) is 6.92. The van der Waals surface area contributed by atoms with E-state index in [1.807, 2.05) is 38.1 Å². The molecule has 3 heterocycles. The zero-order chi connectivity index (χ0) is 23.7. The molecule has 4 aromatic rings. The molecule has 0 radical (unpaired) electrons. The summed E-state index contributed by atoms with van der Waals surface area (Å²) in [7, 11) is 0. The second kappa shape index (κ2) is 9.98. The Kier molecular flexibility index (Phi) is 6.82. The molecule has 0 amide bonds. The molecule has 0 bridgehead atoms. The summed E-state index contributed by atoms with van der Waals surface area (Å²) in [6.45, 7) is 9.72. The summed E-state index contributed by atoms with van der Waals surface area (Å²) in [6, 6.07) is 14.6. The Bertz CT molecular complexity index is 1290. The number of piperidine rings is 1. The van der Waals surface area contributed by atoms with Gasteiger partial charge in [-0.2, -0.15) is 0 Å². The highest BCUT2D eigenvalue weighted by Crippen LogP contribution is 2.31. The summed E-state index contributed by atoms with van der Waals surface area (Å²) in [5.74, 6) is 2.42. The Hall–Kier alpha value is -2.54. The first kappa shape index (κ1) is 23.2. The van der Waals surface area contributed by atoms with Crippen LogP contribution in [0, 0.1) is 19.8 Å². The molecule has 0 spiro atoms. The number of benzene rings is 2. The lowest BCUT2D eigenvalue weighted by atomic mass is 9.99. The molecule has 1 aliphatic heterocycles. The molecule has 34 heavy (non-hydrogen) atoms. The van der Waals surface area contributed by atoms with E-state index in [1.165, 1.54) is 41.8 Å². The highest BCUT2D eigenvalue weighted by Gasteiger charge is 2.17. The molecule has 0 aliphatic carbocycles. The molecule has 176 valence electrons. The highest BCUT2D eigenvalue weighted by atomic mass is 35.5. The number of nitrogens with zero attached hydrogens (tertiary/aromatic N) is 4. The maximum Gasteiger partial charge on any atom is 0.189 e. The first-order valence-corrected chi connectivity index (χ1v) is 13.1. The van der Waals surface area contributed by atoms with Crippen molar-refractivity contribution in [2.75, 3.05) is 18.4 Å². The molecular weight excluding hydrogens is 462 g/mol. The number of hydrogen-bond donors (Lipinski definition) is 1. The van der Waals surface area contributed by atoms with Gasteiger partial charge in [0.05, 0.1) is 10.2 Å². The van der Waals surface area contributed by atoms with Gasteiger partial charge < -0.3 is 5.32 Å². The first-order chi connectivity index (χ1) is 16.4. The Morgan fingerprint density at radius 2 is 1.74 bits per heavy atom. The average Bonchev–Trinajstić information content (AvgIpc) is 3.20. The third-order valence-electron chi connectivity index (χ3n) is 6.58. The summed E-state index contributed by atoms with van der Waals surface area (Å²) in [5, 5.41) is 5.09. The van der Waals surface area contributed by atoms with Crippen molar-refractivity contribution >= 4 is 44.1 Å². The first-order valence-electron chi connectivity index (χ1n) is 11.9. The van der Waals surface area contributed by atoms with Gasteiger partial charge in [0.1, 0.15) is 11.6 Å². The molecule has 0 saturated carbocycles. The van der Waals surface area contributed by atoms with Gasteiger partial charge in [0.15, 0.2) is 5.13 Å². The second-order valence-corrected chi connectivity index (χ2v) is 10.9. The van der Waals surface area contributed by atoms with Crippen LogP contribution >= 0.6 is 22.9 Å². The van der Waals surface area contributed by atoms with Crippen molar-refractivity contribution in [3.63, 3.8) is 0 Å². The highest BCUT2D eigenvalue weighted by molar-refractivity contribution is 7.22. The number of hydrogen-bond acceptors (Lipinski definition) is 6. The summed E-state index contributed by atoms with van der Waals surface area (Å²) in [6.07, 6.45) is 3.33. The molecule has 0 unspecified atom stereocenters. The van der Waals surface area contributed by atoms with Gasteiger partial charge in [0, 0.05) is 29.2 Å². The van der Waals surface area contributed by atoms with Gasteiger partial charge in [-0.1, -0.05) is 48.1 Å². The minimum atomic E-state index is 0.731. The maximum atomic E-state index is 6.07. The van der Waals surface area contributed by atoms with Crippen molar-refractivity contribution in [1.29, 1.82) is 0 Å². The molecule has 7 heteroatoms. The molecular formula is C27H30ClN5S. The van der Waals surface area contributed by atoms with Crippen molar-refractivity contribution < 1.29 is 0 Å². The summed E-state index contributed by atoms with van der Waals surface area (Å²) >= 11 is 7.75. The van der Waals surface area contributed by atoms with Crippen molar-refractivity contribution in [1.82, 2.24) is 19.9 Å². The van der Waals surface area contributed by atoms with Crippen molar-refractivity contribution in [3.8, 4) is 0 Å². The van der Waals surface area contributed by atoms with Crippen LogP contribution < -0.4 is 5.32 Å². The Morgan fingerprint density at radius 3 is 2.50 bits per heavy atom. The molecule has 5 nitrogen and oxygen atoms in total. The van der Waals surface area contributed by atoms with Gasteiger partial charge >= 0.3 is 0 Å². The SMILES string of the molecule is Cc1nc(C)c(Cc2ccc(Cl)cc2)c(Nc2nc3ccc(CN4CCC(C)CC4)cc3s2)n1. The molecule has 1 fully saturated rings. The van der Waals surface area contributed by atoms with Crippen LogP contribution in [-0.2, 0) is 13.0 Å². The van der Waals surface area contributed by atoms with E-state index in [9.17, 15) is 0 Å². The molecule has 5 rings (SSSR count). The van der Waals surface area contributed by atoms with Gasteiger partial charge in [0.25, 0.3) is 0 Å². The zero-order valence-corrected chi connectivity index (χ0v) is 21.5. The number of aryl methyl sites for hydroxylation is 2. The normalized spacial score (nSPS) is 15.2. The summed E-state index contributed by atoms with van der Waals surface area (Å²) in [4.78, 5) is 16.7. The van der Waals surface area contributed by atoms with E-state index in [0.717, 1.165) is 57.5 Å². The topological polar surface area (TPSA) is 53.9 Å². The number of thiazole rings is 1. The molecule has 1 saturated heterocycles. The number of likely N-dealkylation sites (tertiary alicyclic amines) is 1. The van der Waals surface area contributed by atoms with Crippen LogP contribution in [0.3, 0.4) is 0 Å². The Labute approximate surface area is 210 Å². The van der Waals surface area contributed by atoms with Gasteiger partial charge in [-0.25, -0.2) is 15.0 Å². The Balaban J connectivity index is 1.37. The minimum Gasteiger partial charge on any atom is -0.316 e. The van der Waals surface area contributed by atoms with E-state index in [2.05, 4.69) is 40.3 Å². The second-order valence-electron chi connectivity index (χ2n) is 9.39.